The Labute approximate surface area is 212 Å². The number of amides is 1. The molecule has 1 amide bonds. The number of aromatic nitrogens is 2. The van der Waals surface area contributed by atoms with Gasteiger partial charge in [-0.05, 0) is 67.5 Å². The summed E-state index contributed by atoms with van der Waals surface area (Å²) in [6, 6.07) is 13.3. The van der Waals surface area contributed by atoms with E-state index >= 15 is 0 Å². The number of nitrogens with zero attached hydrogens (tertiary/aromatic N) is 2. The molecule has 2 aromatic carbocycles. The number of imidazole rings is 1. The Morgan fingerprint density at radius 2 is 1.94 bits per heavy atom. The minimum atomic E-state index is -1.11. The molecule has 0 radical (unpaired) electrons. The molecule has 4 rings (SSSR count). The van der Waals surface area contributed by atoms with Crippen molar-refractivity contribution in [2.75, 3.05) is 6.61 Å². The van der Waals surface area contributed by atoms with E-state index in [1.807, 2.05) is 57.2 Å². The van der Waals surface area contributed by atoms with Gasteiger partial charge in [0.25, 0.3) is 5.91 Å². The van der Waals surface area contributed by atoms with Crippen LogP contribution in [0.25, 0.3) is 11.4 Å². The summed E-state index contributed by atoms with van der Waals surface area (Å²) < 4.78 is 5.89. The van der Waals surface area contributed by atoms with Gasteiger partial charge in [-0.3, -0.25) is 9.69 Å². The Balaban J connectivity index is 1.76. The van der Waals surface area contributed by atoms with Crippen LogP contribution in [0, 0.1) is 3.57 Å². The number of aryl methyl sites for hydroxylation is 1. The van der Waals surface area contributed by atoms with Crippen molar-refractivity contribution in [3.05, 3.63) is 74.1 Å². The third-order valence-electron chi connectivity index (χ3n) is 6.18. The molecule has 2 N–H and O–H groups in total. The lowest BCUT2D eigenvalue weighted by Crippen LogP contribution is -2.44. The topological polar surface area (TPSA) is 95.5 Å². The van der Waals surface area contributed by atoms with Gasteiger partial charge in [0.1, 0.15) is 5.82 Å². The first-order valence-corrected chi connectivity index (χ1v) is 12.5. The third kappa shape index (κ3) is 4.13. The van der Waals surface area contributed by atoms with Crippen LogP contribution in [0.5, 0.6) is 0 Å². The molecule has 1 aromatic heterocycles. The predicted octanol–water partition coefficient (Wildman–Crippen LogP) is 5.19. The van der Waals surface area contributed by atoms with E-state index < -0.39 is 17.7 Å². The summed E-state index contributed by atoms with van der Waals surface area (Å²) >= 11 is 2.12. The molecular weight excluding hydrogens is 545 g/mol. The Hall–Kier alpha value is -2.72. The van der Waals surface area contributed by atoms with E-state index in [1.54, 1.807) is 13.0 Å². The second-order valence-electron chi connectivity index (χ2n) is 8.78. The van der Waals surface area contributed by atoms with Gasteiger partial charge in [0, 0.05) is 20.4 Å². The molecule has 0 saturated carbocycles. The van der Waals surface area contributed by atoms with Gasteiger partial charge >= 0.3 is 5.97 Å². The third-order valence-corrected chi connectivity index (χ3v) is 7.03. The second kappa shape index (κ2) is 9.50. The fourth-order valence-corrected chi connectivity index (χ4v) is 5.33. The van der Waals surface area contributed by atoms with Gasteiger partial charge in [0.05, 0.1) is 17.7 Å². The fraction of sp³-hybridized carbons (Fsp3) is 0.346. The highest BCUT2D eigenvalue weighted by molar-refractivity contribution is 14.1. The molecule has 1 unspecified atom stereocenters. The molecule has 0 saturated heterocycles. The van der Waals surface area contributed by atoms with E-state index in [-0.39, 0.29) is 18.2 Å². The van der Waals surface area contributed by atoms with Gasteiger partial charge in [-0.15, -0.1) is 0 Å². The number of nitrogens with one attached hydrogen (secondary N) is 1. The molecule has 7 nitrogen and oxygen atoms in total. The standard InChI is InChI=1S/C26H28IN3O4/c1-5-10-19-21(25(33)34-6-2)29-22(28-19)15-13-17-20(18(27)14-15)24(32)30(23(17)31)26(3,4)16-11-8-7-9-12-16/h7-9,11-14,23,31H,5-6,10H2,1-4H3,(H,28,29). The van der Waals surface area contributed by atoms with Gasteiger partial charge in [-0.2, -0.15) is 0 Å². The molecule has 178 valence electrons. The summed E-state index contributed by atoms with van der Waals surface area (Å²) in [5, 5.41) is 11.3. The number of carbonyl (C=O) groups is 2. The first-order chi connectivity index (χ1) is 16.2. The van der Waals surface area contributed by atoms with Crippen molar-refractivity contribution in [3.63, 3.8) is 0 Å². The maximum atomic E-state index is 13.5. The highest BCUT2D eigenvalue weighted by Gasteiger charge is 2.45. The van der Waals surface area contributed by atoms with Gasteiger partial charge in [0.15, 0.2) is 11.9 Å². The van der Waals surface area contributed by atoms with E-state index in [4.69, 9.17) is 4.74 Å². The number of esters is 1. The number of H-pyrrole nitrogens is 1. The average Bonchev–Trinajstić information content (AvgIpc) is 3.34. The highest BCUT2D eigenvalue weighted by atomic mass is 127. The normalized spacial score (nSPS) is 15.5. The Bertz CT molecular complexity index is 1240. The lowest BCUT2D eigenvalue weighted by molar-refractivity contribution is -0.0305. The van der Waals surface area contributed by atoms with Crippen LogP contribution in [0.3, 0.4) is 0 Å². The predicted molar refractivity (Wildman–Crippen MR) is 137 cm³/mol. The van der Waals surface area contributed by atoms with Crippen LogP contribution < -0.4 is 0 Å². The van der Waals surface area contributed by atoms with Crippen LogP contribution in [-0.4, -0.2) is 38.5 Å². The van der Waals surface area contributed by atoms with E-state index in [1.165, 1.54) is 4.90 Å². The molecule has 1 aliphatic rings. The minimum absolute atomic E-state index is 0.217. The number of hydrogen-bond donors (Lipinski definition) is 2. The molecule has 1 atom stereocenters. The van der Waals surface area contributed by atoms with Gasteiger partial charge in [-0.25, -0.2) is 9.78 Å². The van der Waals surface area contributed by atoms with Gasteiger partial charge in [0.2, 0.25) is 0 Å². The van der Waals surface area contributed by atoms with Crippen LogP contribution in [0.1, 0.15) is 78.0 Å². The van der Waals surface area contributed by atoms with Crippen molar-refractivity contribution >= 4 is 34.5 Å². The summed E-state index contributed by atoms with van der Waals surface area (Å²) in [6.07, 6.45) is 0.385. The largest absolute Gasteiger partial charge is 0.461 e. The Kier molecular flexibility index (Phi) is 6.82. The number of fused-ring (bicyclic) bond motifs is 1. The van der Waals surface area contributed by atoms with Crippen LogP contribution >= 0.6 is 22.6 Å². The highest BCUT2D eigenvalue weighted by Crippen LogP contribution is 2.44. The van der Waals surface area contributed by atoms with Crippen LogP contribution in [0.2, 0.25) is 0 Å². The van der Waals surface area contributed by atoms with Gasteiger partial charge < -0.3 is 14.8 Å². The van der Waals surface area contributed by atoms with E-state index in [2.05, 4.69) is 32.6 Å². The minimum Gasteiger partial charge on any atom is -0.461 e. The molecule has 0 fully saturated rings. The fourth-order valence-electron chi connectivity index (χ4n) is 4.45. The monoisotopic (exact) mass is 573 g/mol. The molecule has 8 heteroatoms. The van der Waals surface area contributed by atoms with Crippen LogP contribution in [0.4, 0.5) is 0 Å². The average molecular weight is 573 g/mol. The van der Waals surface area contributed by atoms with Crippen molar-refractivity contribution in [1.29, 1.82) is 0 Å². The number of rotatable bonds is 7. The maximum Gasteiger partial charge on any atom is 0.358 e. The summed E-state index contributed by atoms with van der Waals surface area (Å²) in [6.45, 7) is 7.91. The number of benzene rings is 2. The molecule has 3 aromatic rings. The first-order valence-electron chi connectivity index (χ1n) is 11.4. The number of halogens is 1. The molecule has 1 aliphatic heterocycles. The molecular formula is C26H28IN3O4. The summed E-state index contributed by atoms with van der Waals surface area (Å²) in [5.74, 6) is -0.173. The number of ether oxygens (including phenoxy) is 1. The van der Waals surface area contributed by atoms with Crippen molar-refractivity contribution in [3.8, 4) is 11.4 Å². The lowest BCUT2D eigenvalue weighted by Gasteiger charge is -2.38. The zero-order chi connectivity index (χ0) is 24.6. The quantitative estimate of drug-likeness (QED) is 0.300. The first kappa shape index (κ1) is 24.4. The number of aliphatic hydroxyl groups is 1. The summed E-state index contributed by atoms with van der Waals surface area (Å²) in [5.41, 5.74) is 2.92. The van der Waals surface area contributed by atoms with Crippen molar-refractivity contribution < 1.29 is 19.4 Å². The number of aromatic amines is 1. The zero-order valence-corrected chi connectivity index (χ0v) is 21.8. The molecule has 34 heavy (non-hydrogen) atoms. The molecule has 0 aliphatic carbocycles. The maximum absolute atomic E-state index is 13.5. The van der Waals surface area contributed by atoms with Crippen molar-refractivity contribution in [2.45, 2.75) is 52.3 Å². The number of carbonyl (C=O) groups excluding carboxylic acids is 2. The van der Waals surface area contributed by atoms with E-state index in [9.17, 15) is 14.7 Å². The molecule has 2 heterocycles. The van der Waals surface area contributed by atoms with Crippen LogP contribution in [-0.2, 0) is 16.7 Å². The van der Waals surface area contributed by atoms with E-state index in [0.717, 1.165) is 17.7 Å². The molecule has 0 spiro atoms. The smallest absolute Gasteiger partial charge is 0.358 e. The molecule has 0 bridgehead atoms. The SMILES string of the molecule is CCCc1[nH]c(-c2cc(I)c3c(c2)C(O)N(C(C)(C)c2ccccc2)C3=O)nc1C(=O)OCC. The number of hydrogen-bond acceptors (Lipinski definition) is 5. The summed E-state index contributed by atoms with van der Waals surface area (Å²) in [4.78, 5) is 35.2. The lowest BCUT2D eigenvalue weighted by atomic mass is 9.92. The Morgan fingerprint density at radius 1 is 1.24 bits per heavy atom. The van der Waals surface area contributed by atoms with Crippen LogP contribution in [0.15, 0.2) is 42.5 Å². The number of aliphatic hydroxyl groups excluding tert-OH is 1. The Morgan fingerprint density at radius 3 is 2.59 bits per heavy atom. The van der Waals surface area contributed by atoms with E-state index in [0.29, 0.717) is 32.5 Å². The summed E-state index contributed by atoms with van der Waals surface area (Å²) in [7, 11) is 0. The van der Waals surface area contributed by atoms with Crippen molar-refractivity contribution in [1.82, 2.24) is 14.9 Å². The van der Waals surface area contributed by atoms with Crippen molar-refractivity contribution in [2.24, 2.45) is 0 Å². The second-order valence-corrected chi connectivity index (χ2v) is 9.94. The van der Waals surface area contributed by atoms with Gasteiger partial charge in [-0.1, -0.05) is 43.7 Å². The zero-order valence-electron chi connectivity index (χ0n) is 19.7.